The smallest absolute Gasteiger partial charge is 0.305 e. The van der Waals surface area contributed by atoms with Crippen LogP contribution in [0.1, 0.15) is 354 Å². The summed E-state index contributed by atoms with van der Waals surface area (Å²) < 4.78 is 5.43. The van der Waals surface area contributed by atoms with Crippen molar-refractivity contribution in [3.8, 4) is 0 Å². The van der Waals surface area contributed by atoms with Crippen molar-refractivity contribution < 1.29 is 24.5 Å². The number of nitrogens with one attached hydrogen (secondary N) is 1. The molecule has 420 valence electrons. The predicted molar refractivity (Wildman–Crippen MR) is 310 cm³/mol. The van der Waals surface area contributed by atoms with Crippen LogP contribution >= 0.6 is 0 Å². The minimum atomic E-state index is -0.668. The highest BCUT2D eigenvalue weighted by atomic mass is 16.5. The molecule has 0 saturated heterocycles. The molecule has 0 radical (unpaired) electrons. The average molecular weight is 1000 g/mol. The molecular formula is C65H125NO5. The van der Waals surface area contributed by atoms with Crippen LogP contribution in [-0.4, -0.2) is 47.4 Å². The summed E-state index contributed by atoms with van der Waals surface area (Å²) in [6, 6.07) is -0.545. The predicted octanol–water partition coefficient (Wildman–Crippen LogP) is 20.2. The van der Waals surface area contributed by atoms with Crippen molar-refractivity contribution in [2.75, 3.05) is 13.2 Å². The molecule has 1 amide bonds. The number of amides is 1. The van der Waals surface area contributed by atoms with Gasteiger partial charge in [0.2, 0.25) is 5.91 Å². The van der Waals surface area contributed by atoms with Crippen molar-refractivity contribution in [2.24, 2.45) is 0 Å². The van der Waals surface area contributed by atoms with Crippen LogP contribution in [0, 0.1) is 0 Å². The van der Waals surface area contributed by atoms with Crippen molar-refractivity contribution in [1.82, 2.24) is 5.32 Å². The van der Waals surface area contributed by atoms with E-state index < -0.39 is 12.1 Å². The molecular weight excluding hydrogens is 875 g/mol. The number of aliphatic hydroxyl groups excluding tert-OH is 2. The Labute approximate surface area is 443 Å². The van der Waals surface area contributed by atoms with Gasteiger partial charge in [-0.15, -0.1) is 0 Å². The minimum Gasteiger partial charge on any atom is -0.465 e. The molecule has 0 aromatic heterocycles. The third-order valence-corrected chi connectivity index (χ3v) is 15.0. The zero-order valence-corrected chi connectivity index (χ0v) is 48.0. The second kappa shape index (κ2) is 60.9. The Kier molecular flexibility index (Phi) is 59.5. The van der Waals surface area contributed by atoms with Gasteiger partial charge in [0.15, 0.2) is 0 Å². The first-order valence-corrected chi connectivity index (χ1v) is 32.1. The van der Waals surface area contributed by atoms with E-state index in [1.165, 1.54) is 270 Å². The van der Waals surface area contributed by atoms with Gasteiger partial charge < -0.3 is 20.3 Å². The van der Waals surface area contributed by atoms with Crippen LogP contribution in [0.3, 0.4) is 0 Å². The molecule has 0 rings (SSSR count). The second-order valence-electron chi connectivity index (χ2n) is 22.1. The van der Waals surface area contributed by atoms with E-state index >= 15 is 0 Å². The lowest BCUT2D eigenvalue weighted by Crippen LogP contribution is -2.45. The van der Waals surface area contributed by atoms with E-state index in [2.05, 4.69) is 43.5 Å². The number of hydrogen-bond donors (Lipinski definition) is 3. The minimum absolute atomic E-state index is 0.0306. The average Bonchev–Trinajstić information content (AvgIpc) is 3.37. The maximum atomic E-state index is 12.5. The Bertz CT molecular complexity index is 1110. The Morgan fingerprint density at radius 1 is 0.394 bits per heavy atom. The zero-order chi connectivity index (χ0) is 51.4. The third-order valence-electron chi connectivity index (χ3n) is 15.0. The van der Waals surface area contributed by atoms with Crippen molar-refractivity contribution in [1.29, 1.82) is 0 Å². The second-order valence-corrected chi connectivity index (χ2v) is 22.1. The van der Waals surface area contributed by atoms with Crippen molar-refractivity contribution in [2.45, 2.75) is 366 Å². The SMILES string of the molecule is CCCCCCCCCCCCCCCCCCCC(=O)OCC/C=C\C/C=C\CCCCCCCCCCCCCCCCC(=O)NC(CO)C(O)CCCCCCCCCCCCCCCCCC. The van der Waals surface area contributed by atoms with Crippen LogP contribution in [-0.2, 0) is 14.3 Å². The highest BCUT2D eigenvalue weighted by molar-refractivity contribution is 5.76. The van der Waals surface area contributed by atoms with Crippen LogP contribution in [0.25, 0.3) is 0 Å². The Balaban J connectivity index is 3.43. The quantitative estimate of drug-likeness (QED) is 0.0320. The van der Waals surface area contributed by atoms with E-state index in [1.807, 2.05) is 0 Å². The van der Waals surface area contributed by atoms with Crippen LogP contribution < -0.4 is 5.32 Å². The van der Waals surface area contributed by atoms with E-state index in [0.29, 0.717) is 25.9 Å². The number of aliphatic hydroxyl groups is 2. The first-order chi connectivity index (χ1) is 35.0. The maximum absolute atomic E-state index is 12.5. The summed E-state index contributed by atoms with van der Waals surface area (Å²) in [6.45, 7) is 4.87. The van der Waals surface area contributed by atoms with E-state index in [-0.39, 0.29) is 18.5 Å². The Hall–Kier alpha value is -1.66. The summed E-state index contributed by atoms with van der Waals surface area (Å²) in [4.78, 5) is 24.6. The molecule has 6 nitrogen and oxygen atoms in total. The normalized spacial score (nSPS) is 12.7. The molecule has 0 aliphatic carbocycles. The molecule has 6 heteroatoms. The maximum Gasteiger partial charge on any atom is 0.305 e. The molecule has 0 aromatic rings. The fourth-order valence-corrected chi connectivity index (χ4v) is 10.1. The number of allylic oxidation sites excluding steroid dienone is 3. The topological polar surface area (TPSA) is 95.9 Å². The molecule has 2 unspecified atom stereocenters. The molecule has 0 heterocycles. The van der Waals surface area contributed by atoms with Crippen molar-refractivity contribution in [3.63, 3.8) is 0 Å². The molecule has 3 N–H and O–H groups in total. The van der Waals surface area contributed by atoms with E-state index in [1.54, 1.807) is 0 Å². The lowest BCUT2D eigenvalue weighted by molar-refractivity contribution is -0.143. The first-order valence-electron chi connectivity index (χ1n) is 32.1. The third kappa shape index (κ3) is 57.5. The summed E-state index contributed by atoms with van der Waals surface area (Å²) >= 11 is 0. The number of carbonyl (C=O) groups is 2. The number of esters is 1. The summed E-state index contributed by atoms with van der Waals surface area (Å²) in [6.07, 6.45) is 74.9. The lowest BCUT2D eigenvalue weighted by atomic mass is 10.0. The van der Waals surface area contributed by atoms with Gasteiger partial charge in [-0.3, -0.25) is 9.59 Å². The van der Waals surface area contributed by atoms with Crippen LogP contribution in [0.15, 0.2) is 24.3 Å². The number of carbonyl (C=O) groups excluding carboxylic acids is 2. The summed E-state index contributed by atoms with van der Waals surface area (Å²) in [7, 11) is 0. The van der Waals surface area contributed by atoms with Crippen LogP contribution in [0.4, 0.5) is 0 Å². The monoisotopic (exact) mass is 1000 g/mol. The van der Waals surface area contributed by atoms with E-state index in [0.717, 1.165) is 51.4 Å². The van der Waals surface area contributed by atoms with Gasteiger partial charge in [0, 0.05) is 12.8 Å². The lowest BCUT2D eigenvalue weighted by Gasteiger charge is -2.22. The van der Waals surface area contributed by atoms with Gasteiger partial charge in [0.25, 0.3) is 0 Å². The van der Waals surface area contributed by atoms with E-state index in [9.17, 15) is 19.8 Å². The molecule has 0 saturated carbocycles. The number of rotatable bonds is 60. The highest BCUT2D eigenvalue weighted by Crippen LogP contribution is 2.18. The molecule has 0 spiro atoms. The molecule has 71 heavy (non-hydrogen) atoms. The number of hydrogen-bond acceptors (Lipinski definition) is 5. The Morgan fingerprint density at radius 3 is 1.07 bits per heavy atom. The summed E-state index contributed by atoms with van der Waals surface area (Å²) in [5.74, 6) is -0.0678. The van der Waals surface area contributed by atoms with Gasteiger partial charge in [-0.05, 0) is 44.9 Å². The van der Waals surface area contributed by atoms with Gasteiger partial charge in [0.05, 0.1) is 25.4 Å². The van der Waals surface area contributed by atoms with Crippen molar-refractivity contribution in [3.05, 3.63) is 24.3 Å². The van der Waals surface area contributed by atoms with Crippen molar-refractivity contribution >= 4 is 11.9 Å². The van der Waals surface area contributed by atoms with Gasteiger partial charge >= 0.3 is 5.97 Å². The van der Waals surface area contributed by atoms with Crippen LogP contribution in [0.2, 0.25) is 0 Å². The van der Waals surface area contributed by atoms with Gasteiger partial charge in [-0.2, -0.15) is 0 Å². The molecule has 0 aliphatic heterocycles. The largest absolute Gasteiger partial charge is 0.465 e. The van der Waals surface area contributed by atoms with Crippen LogP contribution in [0.5, 0.6) is 0 Å². The summed E-state index contributed by atoms with van der Waals surface area (Å²) in [5, 5.41) is 23.3. The van der Waals surface area contributed by atoms with Gasteiger partial charge in [-0.1, -0.05) is 321 Å². The van der Waals surface area contributed by atoms with E-state index in [4.69, 9.17) is 4.74 Å². The fraction of sp³-hybridized carbons (Fsp3) is 0.908. The number of unbranched alkanes of at least 4 members (excludes halogenated alkanes) is 45. The first kappa shape index (κ1) is 69.3. The fourth-order valence-electron chi connectivity index (χ4n) is 10.1. The summed E-state index contributed by atoms with van der Waals surface area (Å²) in [5.41, 5.74) is 0. The Morgan fingerprint density at radius 2 is 0.704 bits per heavy atom. The standard InChI is InChI=1S/C65H125NO5/c1-3-5-7-9-11-13-15-17-19-26-31-35-39-43-47-51-55-59-65(70)71-60-56-52-48-44-40-36-32-28-25-23-21-22-24-27-30-34-38-42-46-50-54-58-64(69)66-62(61-67)63(68)57-53-49-45-41-37-33-29-20-18-16-14-12-10-8-6-4-2/h36,40,48,52,62-63,67-68H,3-35,37-39,41-47,49-51,53-61H2,1-2H3,(H,66,69)/b40-36-,52-48-. The van der Waals surface area contributed by atoms with Gasteiger partial charge in [-0.25, -0.2) is 0 Å². The highest BCUT2D eigenvalue weighted by Gasteiger charge is 2.20. The molecule has 0 aliphatic rings. The molecule has 0 fully saturated rings. The zero-order valence-electron chi connectivity index (χ0n) is 48.0. The van der Waals surface area contributed by atoms with Gasteiger partial charge in [0.1, 0.15) is 0 Å². The molecule has 0 bridgehead atoms. The number of ether oxygens (including phenoxy) is 1. The molecule has 0 aromatic carbocycles. The molecule has 2 atom stereocenters.